The molecular weight excluding hydrogens is 210 g/mol. The van der Waals surface area contributed by atoms with E-state index in [2.05, 4.69) is 5.10 Å². The molecule has 2 rings (SSSR count). The van der Waals surface area contributed by atoms with Crippen LogP contribution in [-0.2, 0) is 11.3 Å². The number of nitrogens with zero attached hydrogens (tertiary/aromatic N) is 2. The third-order valence-corrected chi connectivity index (χ3v) is 3.53. The third kappa shape index (κ3) is 3.43. The van der Waals surface area contributed by atoms with E-state index in [1.54, 1.807) is 0 Å². The Morgan fingerprint density at radius 1 is 1.67 bits per heavy atom. The van der Waals surface area contributed by atoms with E-state index in [-0.39, 0.29) is 0 Å². The van der Waals surface area contributed by atoms with Crippen molar-refractivity contribution in [2.24, 2.45) is 0 Å². The number of hydrogen-bond acceptors (Lipinski definition) is 4. The lowest BCUT2D eigenvalue weighted by atomic mass is 10.3. The average Bonchev–Trinajstić information content (AvgIpc) is 2.84. The van der Waals surface area contributed by atoms with Gasteiger partial charge in [0, 0.05) is 24.3 Å². The number of rotatable bonds is 5. The SMILES string of the molecule is Nc1ccn(CCSCC2CCCO2)n1. The molecule has 84 valence electrons. The maximum absolute atomic E-state index is 5.55. The lowest BCUT2D eigenvalue weighted by Crippen LogP contribution is -2.10. The molecule has 0 aromatic carbocycles. The highest BCUT2D eigenvalue weighted by Crippen LogP contribution is 2.17. The van der Waals surface area contributed by atoms with Crippen molar-refractivity contribution >= 4 is 17.6 Å². The van der Waals surface area contributed by atoms with Crippen molar-refractivity contribution in [1.29, 1.82) is 0 Å². The van der Waals surface area contributed by atoms with Gasteiger partial charge in [-0.3, -0.25) is 4.68 Å². The van der Waals surface area contributed by atoms with Crippen LogP contribution in [-0.4, -0.2) is 34.0 Å². The Labute approximate surface area is 94.2 Å². The van der Waals surface area contributed by atoms with E-state index in [9.17, 15) is 0 Å². The van der Waals surface area contributed by atoms with Crippen molar-refractivity contribution < 1.29 is 4.74 Å². The number of aromatic nitrogens is 2. The van der Waals surface area contributed by atoms with Gasteiger partial charge in [0.05, 0.1) is 12.6 Å². The van der Waals surface area contributed by atoms with Crippen LogP contribution in [0.15, 0.2) is 12.3 Å². The lowest BCUT2D eigenvalue weighted by molar-refractivity contribution is 0.129. The summed E-state index contributed by atoms with van der Waals surface area (Å²) in [5, 5.41) is 4.13. The summed E-state index contributed by atoms with van der Waals surface area (Å²) in [7, 11) is 0. The van der Waals surface area contributed by atoms with Crippen molar-refractivity contribution in [2.75, 3.05) is 23.8 Å². The summed E-state index contributed by atoms with van der Waals surface area (Å²) in [5.41, 5.74) is 5.52. The number of nitrogens with two attached hydrogens (primary N) is 1. The monoisotopic (exact) mass is 227 g/mol. The molecule has 1 aromatic heterocycles. The second-order valence-corrected chi connectivity index (χ2v) is 4.86. The first-order valence-electron chi connectivity index (χ1n) is 5.33. The number of nitrogen functional groups attached to an aromatic ring is 1. The minimum Gasteiger partial charge on any atom is -0.382 e. The Kier molecular flexibility index (Phi) is 3.91. The van der Waals surface area contributed by atoms with Gasteiger partial charge in [0.2, 0.25) is 0 Å². The first kappa shape index (κ1) is 10.8. The molecular formula is C10H17N3OS. The van der Waals surface area contributed by atoms with Gasteiger partial charge in [-0.15, -0.1) is 0 Å². The van der Waals surface area contributed by atoms with Gasteiger partial charge in [-0.2, -0.15) is 16.9 Å². The van der Waals surface area contributed by atoms with E-state index in [0.717, 1.165) is 24.7 Å². The average molecular weight is 227 g/mol. The van der Waals surface area contributed by atoms with Crippen molar-refractivity contribution in [3.05, 3.63) is 12.3 Å². The van der Waals surface area contributed by atoms with Gasteiger partial charge in [0.1, 0.15) is 5.82 Å². The van der Waals surface area contributed by atoms with Crippen LogP contribution < -0.4 is 5.73 Å². The molecule has 4 nitrogen and oxygen atoms in total. The van der Waals surface area contributed by atoms with E-state index in [1.165, 1.54) is 12.8 Å². The summed E-state index contributed by atoms with van der Waals surface area (Å²) < 4.78 is 7.43. The first-order chi connectivity index (χ1) is 7.34. The van der Waals surface area contributed by atoms with Crippen molar-refractivity contribution in [3.63, 3.8) is 0 Å². The van der Waals surface area contributed by atoms with Crippen molar-refractivity contribution in [1.82, 2.24) is 9.78 Å². The molecule has 0 spiro atoms. The van der Waals surface area contributed by atoms with Crippen LogP contribution in [0, 0.1) is 0 Å². The van der Waals surface area contributed by atoms with Crippen molar-refractivity contribution in [2.45, 2.75) is 25.5 Å². The maximum Gasteiger partial charge on any atom is 0.145 e. The van der Waals surface area contributed by atoms with E-state index < -0.39 is 0 Å². The smallest absolute Gasteiger partial charge is 0.145 e. The van der Waals surface area contributed by atoms with E-state index in [4.69, 9.17) is 10.5 Å². The van der Waals surface area contributed by atoms with Crippen LogP contribution in [0.25, 0.3) is 0 Å². The van der Waals surface area contributed by atoms with Crippen molar-refractivity contribution in [3.8, 4) is 0 Å². The van der Waals surface area contributed by atoms with E-state index in [0.29, 0.717) is 11.9 Å². The van der Waals surface area contributed by atoms with Crippen LogP contribution in [0.1, 0.15) is 12.8 Å². The molecule has 1 saturated heterocycles. The second kappa shape index (κ2) is 5.42. The number of ether oxygens (including phenoxy) is 1. The van der Waals surface area contributed by atoms with Gasteiger partial charge >= 0.3 is 0 Å². The summed E-state index contributed by atoms with van der Waals surface area (Å²) in [5.74, 6) is 2.77. The number of thioether (sulfide) groups is 1. The van der Waals surface area contributed by atoms with Crippen LogP contribution in [0.4, 0.5) is 5.82 Å². The zero-order chi connectivity index (χ0) is 10.5. The number of aryl methyl sites for hydroxylation is 1. The molecule has 1 fully saturated rings. The predicted molar refractivity (Wildman–Crippen MR) is 62.9 cm³/mol. The quantitative estimate of drug-likeness (QED) is 0.772. The van der Waals surface area contributed by atoms with Crippen LogP contribution in [0.2, 0.25) is 0 Å². The topological polar surface area (TPSA) is 53.1 Å². The molecule has 2 N–H and O–H groups in total. The Bertz CT molecular complexity index is 297. The normalized spacial score (nSPS) is 20.9. The lowest BCUT2D eigenvalue weighted by Gasteiger charge is -2.08. The summed E-state index contributed by atoms with van der Waals surface area (Å²) in [4.78, 5) is 0. The highest BCUT2D eigenvalue weighted by molar-refractivity contribution is 7.99. The molecule has 2 heterocycles. The van der Waals surface area contributed by atoms with Gasteiger partial charge < -0.3 is 10.5 Å². The molecule has 1 aliphatic heterocycles. The standard InChI is InChI=1S/C10H17N3OS/c11-10-3-4-13(12-10)5-7-15-8-9-2-1-6-14-9/h3-4,9H,1-2,5-8H2,(H2,11,12). The minimum absolute atomic E-state index is 0.484. The van der Waals surface area contributed by atoms with E-state index in [1.807, 2.05) is 28.7 Å². The molecule has 5 heteroatoms. The zero-order valence-electron chi connectivity index (χ0n) is 8.76. The molecule has 0 saturated carbocycles. The maximum atomic E-state index is 5.55. The highest BCUT2D eigenvalue weighted by atomic mass is 32.2. The molecule has 0 radical (unpaired) electrons. The fraction of sp³-hybridized carbons (Fsp3) is 0.700. The summed E-state index contributed by atoms with van der Waals surface area (Å²) in [6.45, 7) is 1.87. The Hall–Kier alpha value is -0.680. The van der Waals surface area contributed by atoms with Gasteiger partial charge in [0.15, 0.2) is 0 Å². The van der Waals surface area contributed by atoms with Gasteiger partial charge in [-0.25, -0.2) is 0 Å². The molecule has 0 amide bonds. The molecule has 1 unspecified atom stereocenters. The minimum atomic E-state index is 0.484. The fourth-order valence-corrected chi connectivity index (χ4v) is 2.66. The largest absolute Gasteiger partial charge is 0.382 e. The molecule has 1 aliphatic rings. The molecule has 0 bridgehead atoms. The second-order valence-electron chi connectivity index (χ2n) is 3.71. The van der Waals surface area contributed by atoms with Gasteiger partial charge in [0.25, 0.3) is 0 Å². The fourth-order valence-electron chi connectivity index (χ4n) is 1.65. The van der Waals surface area contributed by atoms with Gasteiger partial charge in [-0.05, 0) is 18.9 Å². The molecule has 15 heavy (non-hydrogen) atoms. The number of hydrogen-bond donors (Lipinski definition) is 1. The van der Waals surface area contributed by atoms with Crippen LogP contribution in [0.3, 0.4) is 0 Å². The zero-order valence-corrected chi connectivity index (χ0v) is 9.58. The van der Waals surface area contributed by atoms with E-state index >= 15 is 0 Å². The Balaban J connectivity index is 1.58. The highest BCUT2D eigenvalue weighted by Gasteiger charge is 2.14. The van der Waals surface area contributed by atoms with Crippen LogP contribution >= 0.6 is 11.8 Å². The Morgan fingerprint density at radius 3 is 3.27 bits per heavy atom. The molecule has 1 atom stereocenters. The third-order valence-electron chi connectivity index (χ3n) is 2.45. The summed E-state index contributed by atoms with van der Waals surface area (Å²) in [6, 6.07) is 1.82. The summed E-state index contributed by atoms with van der Waals surface area (Å²) in [6.07, 6.45) is 4.85. The summed E-state index contributed by atoms with van der Waals surface area (Å²) >= 11 is 1.93. The Morgan fingerprint density at radius 2 is 2.60 bits per heavy atom. The number of anilines is 1. The predicted octanol–water partition coefficient (Wildman–Crippen LogP) is 1.38. The first-order valence-corrected chi connectivity index (χ1v) is 6.48. The van der Waals surface area contributed by atoms with Crippen LogP contribution in [0.5, 0.6) is 0 Å². The molecule has 0 aliphatic carbocycles. The molecule has 1 aromatic rings. The van der Waals surface area contributed by atoms with Gasteiger partial charge in [-0.1, -0.05) is 0 Å².